The van der Waals surface area contributed by atoms with Crippen molar-refractivity contribution < 1.29 is 14.2 Å². The van der Waals surface area contributed by atoms with Crippen LogP contribution in [0.4, 0.5) is 10.1 Å². The topological polar surface area (TPSA) is 44.7 Å². The van der Waals surface area contributed by atoms with Gasteiger partial charge in [0.2, 0.25) is 0 Å². The monoisotopic (exact) mass is 330 g/mol. The number of hydrogen-bond donors (Lipinski definition) is 2. The minimum Gasteiger partial charge on any atom is -0.491 e. The molecule has 0 saturated carbocycles. The zero-order valence-corrected chi connectivity index (χ0v) is 13.8. The molecule has 1 aliphatic heterocycles. The second-order valence-electron chi connectivity index (χ2n) is 6.18. The zero-order chi connectivity index (χ0) is 16.9. The molecule has 3 rings (SSSR count). The normalized spacial score (nSPS) is 14.5. The van der Waals surface area contributed by atoms with Gasteiger partial charge in [0.1, 0.15) is 24.3 Å². The fourth-order valence-corrected chi connectivity index (χ4v) is 2.90. The van der Waals surface area contributed by atoms with Gasteiger partial charge in [-0.25, -0.2) is 4.39 Å². The van der Waals surface area contributed by atoms with E-state index in [9.17, 15) is 9.50 Å². The van der Waals surface area contributed by atoms with E-state index >= 15 is 0 Å². The van der Waals surface area contributed by atoms with Gasteiger partial charge in [0.05, 0.1) is 0 Å². The highest BCUT2D eigenvalue weighted by Gasteiger charge is 2.15. The molecule has 1 heterocycles. The number of likely N-dealkylation sites (N-methyl/N-ethyl adjacent to an activating group) is 1. The Labute approximate surface area is 141 Å². The SMILES string of the molecule is CN1CCc2cc(CNCC(O)COc3ccc(F)cc3)ccc21. The molecule has 4 nitrogen and oxygen atoms in total. The summed E-state index contributed by atoms with van der Waals surface area (Å²) >= 11 is 0. The number of nitrogens with zero attached hydrogens (tertiary/aromatic N) is 1. The lowest BCUT2D eigenvalue weighted by Crippen LogP contribution is -2.31. The highest BCUT2D eigenvalue weighted by atomic mass is 19.1. The molecule has 0 aliphatic carbocycles. The lowest BCUT2D eigenvalue weighted by Gasteiger charge is -2.14. The van der Waals surface area contributed by atoms with Crippen LogP contribution in [0.2, 0.25) is 0 Å². The van der Waals surface area contributed by atoms with Crippen molar-refractivity contribution in [2.75, 3.05) is 31.6 Å². The zero-order valence-electron chi connectivity index (χ0n) is 13.8. The van der Waals surface area contributed by atoms with Crippen LogP contribution in [0.5, 0.6) is 5.75 Å². The van der Waals surface area contributed by atoms with E-state index < -0.39 is 6.10 Å². The fourth-order valence-electron chi connectivity index (χ4n) is 2.90. The van der Waals surface area contributed by atoms with E-state index in [1.807, 2.05) is 0 Å². The fraction of sp³-hybridized carbons (Fsp3) is 0.368. The summed E-state index contributed by atoms with van der Waals surface area (Å²) in [5.74, 6) is 0.253. The van der Waals surface area contributed by atoms with Gasteiger partial charge in [-0.2, -0.15) is 0 Å². The summed E-state index contributed by atoms with van der Waals surface area (Å²) in [6.07, 6.45) is 0.476. The van der Waals surface area contributed by atoms with E-state index in [-0.39, 0.29) is 12.4 Å². The van der Waals surface area contributed by atoms with Crippen molar-refractivity contribution in [2.45, 2.75) is 19.1 Å². The lowest BCUT2D eigenvalue weighted by molar-refractivity contribution is 0.106. The maximum Gasteiger partial charge on any atom is 0.123 e. The predicted molar refractivity (Wildman–Crippen MR) is 93.0 cm³/mol. The molecule has 1 aliphatic rings. The van der Waals surface area contributed by atoms with E-state index in [1.165, 1.54) is 28.9 Å². The van der Waals surface area contributed by atoms with Crippen LogP contribution >= 0.6 is 0 Å². The van der Waals surface area contributed by atoms with Gasteiger partial charge in [-0.3, -0.25) is 0 Å². The number of ether oxygens (including phenoxy) is 1. The van der Waals surface area contributed by atoms with Gasteiger partial charge < -0.3 is 20.1 Å². The summed E-state index contributed by atoms with van der Waals surface area (Å²) in [6.45, 7) is 2.40. The lowest BCUT2D eigenvalue weighted by atomic mass is 10.1. The number of aliphatic hydroxyl groups is 1. The van der Waals surface area contributed by atoms with Crippen LogP contribution < -0.4 is 15.0 Å². The molecule has 1 atom stereocenters. The number of rotatable bonds is 7. The number of halogens is 1. The average Bonchev–Trinajstić information content (AvgIpc) is 2.95. The molecule has 1 unspecified atom stereocenters. The maximum atomic E-state index is 12.8. The van der Waals surface area contributed by atoms with Crippen molar-refractivity contribution in [1.29, 1.82) is 0 Å². The van der Waals surface area contributed by atoms with E-state index in [0.717, 1.165) is 13.0 Å². The van der Waals surface area contributed by atoms with Crippen LogP contribution in [-0.2, 0) is 13.0 Å². The van der Waals surface area contributed by atoms with Crippen LogP contribution in [0.25, 0.3) is 0 Å². The number of fused-ring (bicyclic) bond motifs is 1. The highest BCUT2D eigenvalue weighted by Crippen LogP contribution is 2.27. The van der Waals surface area contributed by atoms with Crippen molar-refractivity contribution in [3.63, 3.8) is 0 Å². The molecule has 0 bridgehead atoms. The Morgan fingerprint density at radius 1 is 1.25 bits per heavy atom. The van der Waals surface area contributed by atoms with E-state index in [1.54, 1.807) is 12.1 Å². The molecular weight excluding hydrogens is 307 g/mol. The van der Waals surface area contributed by atoms with Crippen molar-refractivity contribution in [3.8, 4) is 5.75 Å². The first-order valence-corrected chi connectivity index (χ1v) is 8.22. The van der Waals surface area contributed by atoms with Gasteiger partial charge in [0, 0.05) is 32.4 Å². The Morgan fingerprint density at radius 2 is 2.04 bits per heavy atom. The first-order valence-electron chi connectivity index (χ1n) is 8.22. The Kier molecular flexibility index (Phi) is 5.33. The van der Waals surface area contributed by atoms with Gasteiger partial charge in [0.15, 0.2) is 0 Å². The molecule has 5 heteroatoms. The molecule has 24 heavy (non-hydrogen) atoms. The number of anilines is 1. The molecule has 0 fully saturated rings. The Morgan fingerprint density at radius 3 is 2.83 bits per heavy atom. The van der Waals surface area contributed by atoms with Crippen molar-refractivity contribution in [2.24, 2.45) is 0 Å². The number of nitrogens with one attached hydrogen (secondary N) is 1. The van der Waals surface area contributed by atoms with Gasteiger partial charge in [-0.15, -0.1) is 0 Å². The minimum atomic E-state index is -0.615. The summed E-state index contributed by atoms with van der Waals surface area (Å²) in [5, 5.41) is 13.2. The second kappa shape index (κ2) is 7.64. The predicted octanol–water partition coefficient (Wildman–Crippen LogP) is 2.35. The van der Waals surface area contributed by atoms with Gasteiger partial charge in [0.25, 0.3) is 0 Å². The maximum absolute atomic E-state index is 12.8. The minimum absolute atomic E-state index is 0.174. The smallest absolute Gasteiger partial charge is 0.123 e. The van der Waals surface area contributed by atoms with Crippen LogP contribution in [0.3, 0.4) is 0 Å². The molecule has 0 amide bonds. The van der Waals surface area contributed by atoms with E-state index in [2.05, 4.69) is 35.5 Å². The third kappa shape index (κ3) is 4.24. The summed E-state index contributed by atoms with van der Waals surface area (Å²) in [7, 11) is 2.11. The van der Waals surface area contributed by atoms with E-state index in [4.69, 9.17) is 4.74 Å². The Bertz CT molecular complexity index is 676. The molecule has 0 saturated heterocycles. The van der Waals surface area contributed by atoms with E-state index in [0.29, 0.717) is 18.8 Å². The van der Waals surface area contributed by atoms with Crippen LogP contribution in [0, 0.1) is 5.82 Å². The summed E-state index contributed by atoms with van der Waals surface area (Å²) in [5.41, 5.74) is 3.92. The summed E-state index contributed by atoms with van der Waals surface area (Å²) in [6, 6.07) is 12.3. The number of benzene rings is 2. The Hall–Kier alpha value is -2.11. The summed E-state index contributed by atoms with van der Waals surface area (Å²) < 4.78 is 18.2. The molecule has 0 radical (unpaired) electrons. The first kappa shape index (κ1) is 16.7. The Balaban J connectivity index is 1.40. The summed E-state index contributed by atoms with van der Waals surface area (Å²) in [4.78, 5) is 2.27. The quantitative estimate of drug-likeness (QED) is 0.818. The van der Waals surface area contributed by atoms with Crippen molar-refractivity contribution in [1.82, 2.24) is 5.32 Å². The van der Waals surface area contributed by atoms with Crippen LogP contribution in [-0.4, -0.2) is 38.0 Å². The van der Waals surface area contributed by atoms with Crippen molar-refractivity contribution in [3.05, 3.63) is 59.4 Å². The van der Waals surface area contributed by atoms with Gasteiger partial charge >= 0.3 is 0 Å². The van der Waals surface area contributed by atoms with Crippen molar-refractivity contribution >= 4 is 5.69 Å². The number of aliphatic hydroxyl groups excluding tert-OH is 1. The van der Waals surface area contributed by atoms with Gasteiger partial charge in [-0.1, -0.05) is 12.1 Å². The largest absolute Gasteiger partial charge is 0.491 e. The highest BCUT2D eigenvalue weighted by molar-refractivity contribution is 5.58. The standard InChI is InChI=1S/C19H23FN2O2/c1-22-9-8-15-10-14(2-7-19(15)22)11-21-12-17(23)13-24-18-5-3-16(20)4-6-18/h2-7,10,17,21,23H,8-9,11-13H2,1H3. The third-order valence-electron chi connectivity index (χ3n) is 4.24. The van der Waals surface area contributed by atoms with Crippen LogP contribution in [0.15, 0.2) is 42.5 Å². The van der Waals surface area contributed by atoms with Gasteiger partial charge in [-0.05, 0) is 47.9 Å². The second-order valence-corrected chi connectivity index (χ2v) is 6.18. The molecule has 2 aromatic carbocycles. The molecule has 2 N–H and O–H groups in total. The number of hydrogen-bond acceptors (Lipinski definition) is 4. The van der Waals surface area contributed by atoms with Crippen LogP contribution in [0.1, 0.15) is 11.1 Å². The third-order valence-corrected chi connectivity index (χ3v) is 4.24. The first-order chi connectivity index (χ1) is 11.6. The molecule has 0 spiro atoms. The molecule has 2 aromatic rings. The molecular formula is C19H23FN2O2. The average molecular weight is 330 g/mol. The molecule has 0 aromatic heterocycles. The molecule has 128 valence electrons.